The first-order chi connectivity index (χ1) is 8.79. The zero-order valence-electron chi connectivity index (χ0n) is 10.1. The van der Waals surface area contributed by atoms with E-state index in [4.69, 9.17) is 5.84 Å². The highest BCUT2D eigenvalue weighted by Crippen LogP contribution is 2.33. The Morgan fingerprint density at radius 2 is 2.33 bits per heavy atom. The summed E-state index contributed by atoms with van der Waals surface area (Å²) in [5, 5.41) is 4.98. The third-order valence-electron chi connectivity index (χ3n) is 3.36. The average Bonchev–Trinajstić information content (AvgIpc) is 2.95. The van der Waals surface area contributed by atoms with Crippen LogP contribution in [0.15, 0.2) is 24.3 Å². The number of nitrogen functional groups attached to an aromatic ring is 1. The zero-order chi connectivity index (χ0) is 12.5. The fraction of sp³-hybridized carbons (Fsp3) is 0.333. The number of nitrogens with two attached hydrogens (primary N) is 1. The molecule has 1 aliphatic heterocycles. The standard InChI is InChI=1S/C12H15N5S/c1-8-6-9-4-2-3-5-11(9)17(8)7-10-12(14-13)18-16-15-10/h2-5,8,14H,6-7,13H2,1H3. The Kier molecular flexibility index (Phi) is 2.89. The van der Waals surface area contributed by atoms with Gasteiger partial charge < -0.3 is 10.3 Å². The van der Waals surface area contributed by atoms with Gasteiger partial charge in [0.2, 0.25) is 0 Å². The first kappa shape index (κ1) is 11.4. The lowest BCUT2D eigenvalue weighted by molar-refractivity contribution is 0.664. The third-order valence-corrected chi connectivity index (χ3v) is 4.05. The zero-order valence-corrected chi connectivity index (χ0v) is 10.9. The Morgan fingerprint density at radius 3 is 3.17 bits per heavy atom. The summed E-state index contributed by atoms with van der Waals surface area (Å²) in [5.41, 5.74) is 6.25. The van der Waals surface area contributed by atoms with Crippen LogP contribution in [-0.2, 0) is 13.0 Å². The lowest BCUT2D eigenvalue weighted by Gasteiger charge is -2.24. The van der Waals surface area contributed by atoms with Crippen molar-refractivity contribution in [3.63, 3.8) is 0 Å². The van der Waals surface area contributed by atoms with Gasteiger partial charge in [-0.2, -0.15) is 0 Å². The smallest absolute Gasteiger partial charge is 0.149 e. The number of rotatable bonds is 3. The molecule has 18 heavy (non-hydrogen) atoms. The molecule has 2 aromatic rings. The Labute approximate surface area is 110 Å². The van der Waals surface area contributed by atoms with E-state index in [-0.39, 0.29) is 0 Å². The van der Waals surface area contributed by atoms with E-state index in [1.54, 1.807) is 0 Å². The molecule has 1 aromatic carbocycles. The van der Waals surface area contributed by atoms with Crippen LogP contribution in [0.5, 0.6) is 0 Å². The quantitative estimate of drug-likeness (QED) is 0.651. The second-order valence-corrected chi connectivity index (χ2v) is 5.26. The highest BCUT2D eigenvalue weighted by molar-refractivity contribution is 7.10. The van der Waals surface area contributed by atoms with E-state index >= 15 is 0 Å². The Bertz CT molecular complexity index is 553. The highest BCUT2D eigenvalue weighted by Gasteiger charge is 2.26. The minimum absolute atomic E-state index is 0.481. The normalized spacial score (nSPS) is 17.9. The summed E-state index contributed by atoms with van der Waals surface area (Å²) in [7, 11) is 0. The van der Waals surface area contributed by atoms with Crippen molar-refractivity contribution >= 4 is 22.2 Å². The predicted molar refractivity (Wildman–Crippen MR) is 73.5 cm³/mol. The van der Waals surface area contributed by atoms with Crippen molar-refractivity contribution in [3.05, 3.63) is 35.5 Å². The van der Waals surface area contributed by atoms with Gasteiger partial charge in [0, 0.05) is 23.3 Å². The number of hydrogen-bond acceptors (Lipinski definition) is 6. The van der Waals surface area contributed by atoms with Crippen LogP contribution in [0.4, 0.5) is 10.7 Å². The molecule has 0 bridgehead atoms. The predicted octanol–water partition coefficient (Wildman–Crippen LogP) is 1.77. The summed E-state index contributed by atoms with van der Waals surface area (Å²) in [4.78, 5) is 2.35. The molecule has 0 saturated carbocycles. The van der Waals surface area contributed by atoms with Crippen LogP contribution in [0.1, 0.15) is 18.2 Å². The Morgan fingerprint density at radius 1 is 1.50 bits per heavy atom. The van der Waals surface area contributed by atoms with Gasteiger partial charge in [-0.3, -0.25) is 0 Å². The van der Waals surface area contributed by atoms with Gasteiger partial charge in [-0.05, 0) is 25.0 Å². The van der Waals surface area contributed by atoms with E-state index in [0.29, 0.717) is 6.04 Å². The summed E-state index contributed by atoms with van der Waals surface area (Å²) in [6.45, 7) is 2.98. The fourth-order valence-corrected chi connectivity index (χ4v) is 2.94. The van der Waals surface area contributed by atoms with Crippen molar-refractivity contribution in [2.24, 2.45) is 5.84 Å². The van der Waals surface area contributed by atoms with E-state index in [0.717, 1.165) is 23.7 Å². The summed E-state index contributed by atoms with van der Waals surface area (Å²) in [5.74, 6) is 5.46. The molecule has 3 rings (SSSR count). The molecular formula is C12H15N5S. The topological polar surface area (TPSA) is 67.1 Å². The van der Waals surface area contributed by atoms with Gasteiger partial charge in [-0.1, -0.05) is 22.7 Å². The van der Waals surface area contributed by atoms with Crippen molar-refractivity contribution in [2.75, 3.05) is 10.3 Å². The van der Waals surface area contributed by atoms with Crippen molar-refractivity contribution in [1.82, 2.24) is 9.59 Å². The lowest BCUT2D eigenvalue weighted by Crippen LogP contribution is -2.29. The maximum absolute atomic E-state index is 5.46. The van der Waals surface area contributed by atoms with Gasteiger partial charge in [0.15, 0.2) is 0 Å². The highest BCUT2D eigenvalue weighted by atomic mass is 32.1. The molecule has 1 atom stereocenters. The van der Waals surface area contributed by atoms with Gasteiger partial charge in [0.1, 0.15) is 10.7 Å². The van der Waals surface area contributed by atoms with Crippen LogP contribution in [0.3, 0.4) is 0 Å². The van der Waals surface area contributed by atoms with E-state index in [9.17, 15) is 0 Å². The molecule has 0 spiro atoms. The SMILES string of the molecule is CC1Cc2ccccc2N1Cc1nnsc1NN. The van der Waals surface area contributed by atoms with Crippen molar-refractivity contribution in [2.45, 2.75) is 25.9 Å². The largest absolute Gasteiger partial charge is 0.362 e. The Balaban J connectivity index is 1.89. The molecular weight excluding hydrogens is 246 g/mol. The number of hydrazine groups is 1. The average molecular weight is 261 g/mol. The molecule has 2 heterocycles. The first-order valence-electron chi connectivity index (χ1n) is 5.92. The van der Waals surface area contributed by atoms with Crippen molar-refractivity contribution in [1.29, 1.82) is 0 Å². The maximum Gasteiger partial charge on any atom is 0.149 e. The first-order valence-corrected chi connectivity index (χ1v) is 6.69. The number of hydrogen-bond donors (Lipinski definition) is 2. The molecule has 0 aliphatic carbocycles. The molecule has 1 unspecified atom stereocenters. The molecule has 0 fully saturated rings. The molecule has 0 amide bonds. The van der Waals surface area contributed by atoms with Crippen LogP contribution in [0.25, 0.3) is 0 Å². The molecule has 6 heteroatoms. The number of fused-ring (bicyclic) bond motifs is 1. The number of para-hydroxylation sites is 1. The number of nitrogens with one attached hydrogen (secondary N) is 1. The number of nitrogens with zero attached hydrogens (tertiary/aromatic N) is 3. The lowest BCUT2D eigenvalue weighted by atomic mass is 10.1. The molecule has 0 radical (unpaired) electrons. The molecule has 5 nitrogen and oxygen atoms in total. The van der Waals surface area contributed by atoms with Crippen LogP contribution >= 0.6 is 11.5 Å². The minimum atomic E-state index is 0.481. The number of aromatic nitrogens is 2. The van der Waals surface area contributed by atoms with Crippen LogP contribution in [-0.4, -0.2) is 15.6 Å². The summed E-state index contributed by atoms with van der Waals surface area (Å²) in [6, 6.07) is 8.99. The summed E-state index contributed by atoms with van der Waals surface area (Å²) in [6.07, 6.45) is 1.08. The van der Waals surface area contributed by atoms with E-state index in [1.807, 2.05) is 0 Å². The number of benzene rings is 1. The summed E-state index contributed by atoms with van der Waals surface area (Å²) >= 11 is 1.29. The van der Waals surface area contributed by atoms with Crippen molar-refractivity contribution in [3.8, 4) is 0 Å². The Hall–Kier alpha value is -1.66. The maximum atomic E-state index is 5.46. The second kappa shape index (κ2) is 4.55. The molecule has 3 N–H and O–H groups in total. The monoisotopic (exact) mass is 261 g/mol. The third kappa shape index (κ3) is 1.83. The van der Waals surface area contributed by atoms with Gasteiger partial charge in [0.25, 0.3) is 0 Å². The van der Waals surface area contributed by atoms with Gasteiger partial charge >= 0.3 is 0 Å². The molecule has 1 aliphatic rings. The van der Waals surface area contributed by atoms with Gasteiger partial charge in [-0.25, -0.2) is 5.84 Å². The van der Waals surface area contributed by atoms with Crippen molar-refractivity contribution < 1.29 is 0 Å². The van der Waals surface area contributed by atoms with Gasteiger partial charge in [-0.15, -0.1) is 5.10 Å². The second-order valence-electron chi connectivity index (χ2n) is 4.50. The van der Waals surface area contributed by atoms with E-state index in [1.165, 1.54) is 22.8 Å². The number of anilines is 2. The molecule has 0 saturated heterocycles. The van der Waals surface area contributed by atoms with E-state index < -0.39 is 0 Å². The van der Waals surface area contributed by atoms with Crippen LogP contribution < -0.4 is 16.2 Å². The fourth-order valence-electron chi connectivity index (χ4n) is 2.45. The van der Waals surface area contributed by atoms with Gasteiger partial charge in [0.05, 0.1) is 6.54 Å². The summed E-state index contributed by atoms with van der Waals surface area (Å²) < 4.78 is 3.94. The minimum Gasteiger partial charge on any atom is -0.362 e. The molecule has 94 valence electrons. The van der Waals surface area contributed by atoms with E-state index in [2.05, 4.69) is 51.1 Å². The molecule has 1 aromatic heterocycles. The van der Waals surface area contributed by atoms with Crippen LogP contribution in [0.2, 0.25) is 0 Å². The van der Waals surface area contributed by atoms with Crippen LogP contribution in [0, 0.1) is 0 Å².